The normalized spacial score (nSPS) is 22.0. The average molecular weight is 320 g/mol. The average Bonchev–Trinajstić information content (AvgIpc) is 3.05. The maximum Gasteiger partial charge on any atom is 0.432 e. The van der Waals surface area contributed by atoms with Gasteiger partial charge in [0.05, 0.1) is 6.10 Å². The number of aromatic nitrogens is 2. The summed E-state index contributed by atoms with van der Waals surface area (Å²) >= 11 is 0. The number of aliphatic hydroxyl groups excluding tert-OH is 1. The van der Waals surface area contributed by atoms with Gasteiger partial charge < -0.3 is 15.3 Å². The van der Waals surface area contributed by atoms with Gasteiger partial charge in [-0.1, -0.05) is 0 Å². The van der Waals surface area contributed by atoms with Crippen LogP contribution in [0.2, 0.25) is 0 Å². The molecule has 2 amide bonds. The van der Waals surface area contributed by atoms with Crippen LogP contribution in [0, 0.1) is 5.92 Å². The molecule has 1 aliphatic heterocycles. The number of alkyl halides is 3. The summed E-state index contributed by atoms with van der Waals surface area (Å²) in [6.45, 7) is 0.0380. The Kier molecular flexibility index (Phi) is 4.40. The number of amides is 2. The molecule has 1 aromatic heterocycles. The lowest BCUT2D eigenvalue weighted by Crippen LogP contribution is -2.30. The van der Waals surface area contributed by atoms with Gasteiger partial charge in [0.2, 0.25) is 5.91 Å². The molecule has 10 heteroatoms. The lowest BCUT2D eigenvalue weighted by molar-refractivity contribution is -0.141. The number of nitrogens with one attached hydrogen (secondary N) is 2. The molecule has 3 N–H and O–H groups in total. The summed E-state index contributed by atoms with van der Waals surface area (Å²) in [5.41, 5.74) is -1.49. The molecule has 0 saturated carbocycles. The van der Waals surface area contributed by atoms with Crippen molar-refractivity contribution in [3.63, 3.8) is 0 Å². The van der Waals surface area contributed by atoms with Crippen LogP contribution in [0.1, 0.15) is 22.6 Å². The van der Waals surface area contributed by atoms with Crippen molar-refractivity contribution in [3.05, 3.63) is 17.5 Å². The number of aromatic amines is 1. The van der Waals surface area contributed by atoms with Gasteiger partial charge in [0.1, 0.15) is 5.69 Å². The minimum atomic E-state index is -4.61. The highest BCUT2D eigenvalue weighted by atomic mass is 19.4. The second-order valence-corrected chi connectivity index (χ2v) is 5.08. The molecule has 0 spiro atoms. The molecule has 0 unspecified atom stereocenters. The summed E-state index contributed by atoms with van der Waals surface area (Å²) in [5.74, 6) is -1.45. The van der Waals surface area contributed by atoms with Gasteiger partial charge in [-0.3, -0.25) is 14.7 Å². The molecule has 7 nitrogen and oxygen atoms in total. The minimum absolute atomic E-state index is 0.0375. The van der Waals surface area contributed by atoms with Gasteiger partial charge in [-0.2, -0.15) is 18.3 Å². The molecule has 0 aliphatic carbocycles. The van der Waals surface area contributed by atoms with E-state index in [9.17, 15) is 27.9 Å². The third kappa shape index (κ3) is 3.38. The Balaban J connectivity index is 2.05. The summed E-state index contributed by atoms with van der Waals surface area (Å²) < 4.78 is 37.4. The zero-order valence-electron chi connectivity index (χ0n) is 11.6. The molecule has 1 fully saturated rings. The molecular weight excluding hydrogens is 305 g/mol. The number of hydrogen-bond acceptors (Lipinski definition) is 4. The SMILES string of the molecule is CNC(=O)C[C@@H]1CN(C(=O)c2cc(C(F)(F)F)[nH]n2)C[C@@H]1O. The van der Waals surface area contributed by atoms with E-state index < -0.39 is 29.8 Å². The van der Waals surface area contributed by atoms with Crippen molar-refractivity contribution in [2.24, 2.45) is 5.92 Å². The fourth-order valence-corrected chi connectivity index (χ4v) is 2.30. The first-order valence-electron chi connectivity index (χ1n) is 6.53. The van der Waals surface area contributed by atoms with Crippen molar-refractivity contribution in [2.45, 2.75) is 18.7 Å². The first-order chi connectivity index (χ1) is 10.2. The van der Waals surface area contributed by atoms with Crippen molar-refractivity contribution in [3.8, 4) is 0 Å². The number of rotatable bonds is 3. The van der Waals surface area contributed by atoms with E-state index in [-0.39, 0.29) is 31.1 Å². The largest absolute Gasteiger partial charge is 0.432 e. The smallest absolute Gasteiger partial charge is 0.391 e. The van der Waals surface area contributed by atoms with Crippen molar-refractivity contribution in [2.75, 3.05) is 20.1 Å². The number of likely N-dealkylation sites (tertiary alicyclic amines) is 1. The number of hydrogen-bond donors (Lipinski definition) is 3. The molecule has 2 rings (SSSR count). The monoisotopic (exact) mass is 320 g/mol. The quantitative estimate of drug-likeness (QED) is 0.730. The van der Waals surface area contributed by atoms with E-state index in [0.717, 1.165) is 0 Å². The Morgan fingerprint density at radius 3 is 2.73 bits per heavy atom. The summed E-state index contributed by atoms with van der Waals surface area (Å²) in [7, 11) is 1.45. The van der Waals surface area contributed by atoms with Crippen LogP contribution < -0.4 is 5.32 Å². The third-order valence-corrected chi connectivity index (χ3v) is 3.52. The van der Waals surface area contributed by atoms with E-state index >= 15 is 0 Å². The highest BCUT2D eigenvalue weighted by Gasteiger charge is 2.38. The second kappa shape index (κ2) is 5.95. The molecule has 22 heavy (non-hydrogen) atoms. The van der Waals surface area contributed by atoms with E-state index in [1.54, 1.807) is 5.10 Å². The molecule has 122 valence electrons. The molecular formula is C12H15F3N4O3. The first-order valence-corrected chi connectivity index (χ1v) is 6.53. The zero-order valence-corrected chi connectivity index (χ0v) is 11.6. The summed E-state index contributed by atoms with van der Waals surface area (Å²) in [5, 5.41) is 17.4. The maximum absolute atomic E-state index is 12.5. The molecule has 0 radical (unpaired) electrons. The molecule has 1 aromatic rings. The number of carbonyl (C=O) groups is 2. The predicted molar refractivity (Wildman–Crippen MR) is 67.7 cm³/mol. The molecule has 1 saturated heterocycles. The van der Waals surface area contributed by atoms with Crippen LogP contribution in [0.15, 0.2) is 6.07 Å². The molecule has 0 bridgehead atoms. The van der Waals surface area contributed by atoms with Gasteiger partial charge in [0.25, 0.3) is 5.91 Å². The lowest BCUT2D eigenvalue weighted by Gasteiger charge is -2.14. The highest BCUT2D eigenvalue weighted by molar-refractivity contribution is 5.92. The fourth-order valence-electron chi connectivity index (χ4n) is 2.30. The van der Waals surface area contributed by atoms with Crippen molar-refractivity contribution >= 4 is 11.8 Å². The van der Waals surface area contributed by atoms with Gasteiger partial charge in [-0.15, -0.1) is 0 Å². The predicted octanol–water partition coefficient (Wildman–Crippen LogP) is -0.00250. The van der Waals surface area contributed by atoms with Crippen LogP contribution >= 0.6 is 0 Å². The molecule has 1 aliphatic rings. The van der Waals surface area contributed by atoms with Gasteiger partial charge in [0.15, 0.2) is 5.69 Å². The fraction of sp³-hybridized carbons (Fsp3) is 0.583. The van der Waals surface area contributed by atoms with Crippen molar-refractivity contribution in [1.82, 2.24) is 20.4 Å². The highest BCUT2D eigenvalue weighted by Crippen LogP contribution is 2.28. The van der Waals surface area contributed by atoms with E-state index in [1.807, 2.05) is 0 Å². The van der Waals surface area contributed by atoms with E-state index in [2.05, 4.69) is 10.4 Å². The van der Waals surface area contributed by atoms with Gasteiger partial charge >= 0.3 is 6.18 Å². The van der Waals surface area contributed by atoms with E-state index in [1.165, 1.54) is 11.9 Å². The Labute approximate surface area is 123 Å². The Hall–Kier alpha value is -2.10. The standard InChI is InChI=1S/C12H15F3N4O3/c1-16-10(21)2-6-4-19(5-8(6)20)11(22)7-3-9(18-17-7)12(13,14)15/h3,6,8,20H,2,4-5H2,1H3,(H,16,21)(H,17,18)/t6-,8+/m1/s1. The summed E-state index contributed by atoms with van der Waals surface area (Å²) in [4.78, 5) is 24.6. The van der Waals surface area contributed by atoms with Crippen LogP contribution in [-0.4, -0.2) is 58.3 Å². The van der Waals surface area contributed by atoms with Crippen LogP contribution in [-0.2, 0) is 11.0 Å². The number of nitrogens with zero attached hydrogens (tertiary/aromatic N) is 2. The molecule has 0 aromatic carbocycles. The number of H-pyrrole nitrogens is 1. The third-order valence-electron chi connectivity index (χ3n) is 3.52. The van der Waals surface area contributed by atoms with Gasteiger partial charge in [0, 0.05) is 38.5 Å². The lowest BCUT2D eigenvalue weighted by atomic mass is 10.0. The van der Waals surface area contributed by atoms with Crippen LogP contribution in [0.5, 0.6) is 0 Å². The van der Waals surface area contributed by atoms with Gasteiger partial charge in [-0.05, 0) is 0 Å². The second-order valence-electron chi connectivity index (χ2n) is 5.08. The first kappa shape index (κ1) is 16.3. The van der Waals surface area contributed by atoms with Crippen molar-refractivity contribution < 1.29 is 27.9 Å². The molecule has 2 atom stereocenters. The van der Waals surface area contributed by atoms with Crippen LogP contribution in [0.25, 0.3) is 0 Å². The summed E-state index contributed by atoms with van der Waals surface area (Å²) in [6.07, 6.45) is -5.48. The Morgan fingerprint density at radius 2 is 2.18 bits per heavy atom. The summed E-state index contributed by atoms with van der Waals surface area (Å²) in [6, 6.07) is 0.626. The number of aliphatic hydroxyl groups is 1. The Morgan fingerprint density at radius 1 is 1.50 bits per heavy atom. The number of β-amino-alcohol motifs (C(OH)–C–C–N with tert-alkyl or cyclic N) is 1. The number of carbonyl (C=O) groups excluding carboxylic acids is 2. The zero-order chi connectivity index (χ0) is 16.5. The van der Waals surface area contributed by atoms with Crippen molar-refractivity contribution in [1.29, 1.82) is 0 Å². The van der Waals surface area contributed by atoms with E-state index in [0.29, 0.717) is 6.07 Å². The minimum Gasteiger partial charge on any atom is -0.391 e. The van der Waals surface area contributed by atoms with E-state index in [4.69, 9.17) is 0 Å². The van der Waals surface area contributed by atoms with Gasteiger partial charge in [-0.25, -0.2) is 0 Å². The van der Waals surface area contributed by atoms with Crippen LogP contribution in [0.3, 0.4) is 0 Å². The molecule has 2 heterocycles. The Bertz CT molecular complexity index is 572. The topological polar surface area (TPSA) is 98.3 Å². The number of halogens is 3. The maximum atomic E-state index is 12.5. The van der Waals surface area contributed by atoms with Crippen LogP contribution in [0.4, 0.5) is 13.2 Å².